The second-order valence-electron chi connectivity index (χ2n) is 8.41. The number of carbonyl (C=O) groups is 1. The van der Waals surface area contributed by atoms with Gasteiger partial charge in [-0.2, -0.15) is 23.4 Å². The number of hydrogen-bond donors (Lipinski definition) is 2. The zero-order valence-corrected chi connectivity index (χ0v) is 20.0. The van der Waals surface area contributed by atoms with E-state index in [4.69, 9.17) is 9.47 Å². The van der Waals surface area contributed by atoms with E-state index in [9.17, 15) is 18.0 Å². The Bertz CT molecular complexity index is 1250. The molecule has 0 aliphatic carbocycles. The number of methoxy groups -OCH3 is 2. The van der Waals surface area contributed by atoms with E-state index in [1.807, 2.05) is 13.8 Å². The van der Waals surface area contributed by atoms with E-state index in [0.717, 1.165) is 27.8 Å². The molecule has 0 spiro atoms. The van der Waals surface area contributed by atoms with Gasteiger partial charge in [-0.05, 0) is 31.5 Å². The Labute approximate surface area is 200 Å². The van der Waals surface area contributed by atoms with Crippen LogP contribution in [0.4, 0.5) is 19.0 Å². The van der Waals surface area contributed by atoms with Gasteiger partial charge in [0.05, 0.1) is 32.2 Å². The molecule has 3 aromatic rings. The average Bonchev–Trinajstić information content (AvgIpc) is 3.35. The lowest BCUT2D eigenvalue weighted by Crippen LogP contribution is -2.36. The smallest absolute Gasteiger partial charge is 0.410 e. The molecule has 9 nitrogen and oxygen atoms in total. The van der Waals surface area contributed by atoms with E-state index in [1.54, 1.807) is 29.9 Å². The Morgan fingerprint density at radius 1 is 1.23 bits per heavy atom. The molecule has 0 saturated carbocycles. The molecule has 2 aromatic heterocycles. The minimum absolute atomic E-state index is 0.00971. The molecule has 4 rings (SSSR count). The molecule has 0 saturated heterocycles. The summed E-state index contributed by atoms with van der Waals surface area (Å²) in [7, 11) is 4.74. The first-order chi connectivity index (χ1) is 16.5. The van der Waals surface area contributed by atoms with Crippen molar-refractivity contribution in [3.8, 4) is 11.5 Å². The lowest BCUT2D eigenvalue weighted by Gasteiger charge is -2.34. The number of carbonyl (C=O) groups excluding carboxylic acids is 1. The number of aryl methyl sites for hydroxylation is 2. The molecular weight excluding hydrogens is 465 g/mol. The zero-order chi connectivity index (χ0) is 25.5. The average molecular weight is 493 g/mol. The molecule has 1 aromatic carbocycles. The first kappa shape index (κ1) is 24.4. The van der Waals surface area contributed by atoms with Crippen molar-refractivity contribution in [3.63, 3.8) is 0 Å². The molecular formula is C23H27F3N6O3. The third-order valence-corrected chi connectivity index (χ3v) is 6.38. The van der Waals surface area contributed by atoms with Gasteiger partial charge < -0.3 is 20.1 Å². The summed E-state index contributed by atoms with van der Waals surface area (Å²) in [6.45, 7) is 3.91. The molecule has 1 aliphatic rings. The molecule has 12 heteroatoms. The maximum absolute atomic E-state index is 14.0. The third kappa shape index (κ3) is 4.52. The summed E-state index contributed by atoms with van der Waals surface area (Å²) in [5.74, 6) is 0.339. The highest BCUT2D eigenvalue weighted by Gasteiger charge is 2.47. The van der Waals surface area contributed by atoms with Crippen LogP contribution in [-0.4, -0.2) is 45.9 Å². The highest BCUT2D eigenvalue weighted by molar-refractivity contribution is 5.98. The number of ether oxygens (including phenoxy) is 2. The number of hydrogen-bond acceptors (Lipinski definition) is 6. The lowest BCUT2D eigenvalue weighted by atomic mass is 9.96. The van der Waals surface area contributed by atoms with Crippen molar-refractivity contribution in [1.82, 2.24) is 24.9 Å². The van der Waals surface area contributed by atoms with Crippen LogP contribution in [0.25, 0.3) is 0 Å². The largest absolute Gasteiger partial charge is 0.493 e. The van der Waals surface area contributed by atoms with Crippen LogP contribution < -0.4 is 20.1 Å². The Morgan fingerprint density at radius 2 is 1.94 bits per heavy atom. The molecule has 1 aliphatic heterocycles. The van der Waals surface area contributed by atoms with E-state index in [-0.39, 0.29) is 24.3 Å². The summed E-state index contributed by atoms with van der Waals surface area (Å²) in [5, 5.41) is 14.1. The van der Waals surface area contributed by atoms with Crippen LogP contribution in [0.3, 0.4) is 0 Å². The minimum Gasteiger partial charge on any atom is -0.493 e. The monoisotopic (exact) mass is 492 g/mol. The van der Waals surface area contributed by atoms with Crippen molar-refractivity contribution < 1.29 is 27.4 Å². The van der Waals surface area contributed by atoms with Gasteiger partial charge in [-0.25, -0.2) is 4.68 Å². The number of nitrogens with zero attached hydrogens (tertiary/aromatic N) is 4. The number of rotatable bonds is 6. The summed E-state index contributed by atoms with van der Waals surface area (Å²) < 4.78 is 55.1. The van der Waals surface area contributed by atoms with Crippen LogP contribution in [-0.2, 0) is 13.6 Å². The van der Waals surface area contributed by atoms with Gasteiger partial charge in [-0.3, -0.25) is 9.48 Å². The van der Waals surface area contributed by atoms with E-state index in [1.165, 1.54) is 14.2 Å². The summed E-state index contributed by atoms with van der Waals surface area (Å²) >= 11 is 0. The number of benzene rings is 1. The number of amides is 1. The third-order valence-electron chi connectivity index (χ3n) is 6.38. The van der Waals surface area contributed by atoms with E-state index < -0.39 is 24.2 Å². The second-order valence-corrected chi connectivity index (χ2v) is 8.41. The van der Waals surface area contributed by atoms with Crippen molar-refractivity contribution >= 4 is 11.7 Å². The van der Waals surface area contributed by atoms with Crippen LogP contribution >= 0.6 is 0 Å². The molecule has 0 bridgehead atoms. The summed E-state index contributed by atoms with van der Waals surface area (Å²) in [5.41, 5.74) is 3.11. The SMILES string of the molecule is COc1ccc([C@H]2C[C@H](C(F)(F)F)n3ncc(C(=O)NCc4c(C)nn(C)c4C)c3N2)cc1OC. The van der Waals surface area contributed by atoms with Crippen LogP contribution in [0.2, 0.25) is 0 Å². The normalized spacial score (nSPS) is 17.5. The van der Waals surface area contributed by atoms with Crippen LogP contribution in [0.5, 0.6) is 11.5 Å². The Balaban J connectivity index is 1.65. The van der Waals surface area contributed by atoms with Gasteiger partial charge in [0, 0.05) is 31.3 Å². The fraction of sp³-hybridized carbons (Fsp3) is 0.435. The highest BCUT2D eigenvalue weighted by Crippen LogP contribution is 2.45. The Hall–Kier alpha value is -3.70. The first-order valence-electron chi connectivity index (χ1n) is 10.9. The van der Waals surface area contributed by atoms with Gasteiger partial charge in [-0.15, -0.1) is 0 Å². The van der Waals surface area contributed by atoms with Crippen molar-refractivity contribution in [2.75, 3.05) is 19.5 Å². The van der Waals surface area contributed by atoms with Crippen molar-refractivity contribution in [3.05, 3.63) is 52.5 Å². The van der Waals surface area contributed by atoms with Crippen molar-refractivity contribution in [1.29, 1.82) is 0 Å². The van der Waals surface area contributed by atoms with Gasteiger partial charge in [0.2, 0.25) is 0 Å². The fourth-order valence-corrected chi connectivity index (χ4v) is 4.35. The van der Waals surface area contributed by atoms with Crippen molar-refractivity contribution in [2.24, 2.45) is 7.05 Å². The summed E-state index contributed by atoms with van der Waals surface area (Å²) in [6.07, 6.45) is -3.70. The first-order valence-corrected chi connectivity index (χ1v) is 10.9. The van der Waals surface area contributed by atoms with E-state index >= 15 is 0 Å². The van der Waals surface area contributed by atoms with Crippen molar-refractivity contribution in [2.45, 2.75) is 45.1 Å². The van der Waals surface area contributed by atoms with Crippen LogP contribution in [0.1, 0.15) is 51.4 Å². The van der Waals surface area contributed by atoms with Gasteiger partial charge in [0.15, 0.2) is 17.5 Å². The topological polar surface area (TPSA) is 95.2 Å². The second kappa shape index (κ2) is 9.16. The highest BCUT2D eigenvalue weighted by atomic mass is 19.4. The Kier molecular flexibility index (Phi) is 6.39. The van der Waals surface area contributed by atoms with Gasteiger partial charge in [0.1, 0.15) is 11.4 Å². The minimum atomic E-state index is -4.56. The van der Waals surface area contributed by atoms with Gasteiger partial charge >= 0.3 is 6.18 Å². The van der Waals surface area contributed by atoms with Gasteiger partial charge in [-0.1, -0.05) is 6.07 Å². The molecule has 2 N–H and O–H groups in total. The molecule has 0 fully saturated rings. The fourth-order valence-electron chi connectivity index (χ4n) is 4.35. The number of nitrogens with one attached hydrogen (secondary N) is 2. The predicted molar refractivity (Wildman–Crippen MR) is 122 cm³/mol. The Morgan fingerprint density at radius 3 is 2.54 bits per heavy atom. The van der Waals surface area contributed by atoms with Crippen LogP contribution in [0.15, 0.2) is 24.4 Å². The van der Waals surface area contributed by atoms with E-state index in [0.29, 0.717) is 17.1 Å². The maximum Gasteiger partial charge on any atom is 0.410 e. The number of fused-ring (bicyclic) bond motifs is 1. The summed E-state index contributed by atoms with van der Waals surface area (Å²) in [4.78, 5) is 13.0. The maximum atomic E-state index is 14.0. The predicted octanol–water partition coefficient (Wildman–Crippen LogP) is 3.84. The zero-order valence-electron chi connectivity index (χ0n) is 20.0. The molecule has 3 heterocycles. The number of alkyl halides is 3. The summed E-state index contributed by atoms with van der Waals surface area (Å²) in [6, 6.07) is 2.30. The number of anilines is 1. The molecule has 0 radical (unpaired) electrons. The number of aromatic nitrogens is 4. The van der Waals surface area contributed by atoms with Gasteiger partial charge in [0.25, 0.3) is 5.91 Å². The lowest BCUT2D eigenvalue weighted by molar-refractivity contribution is -0.173. The van der Waals surface area contributed by atoms with Crippen LogP contribution in [0, 0.1) is 13.8 Å². The standard InChI is InChI=1S/C23H27F3N6O3/c1-12-15(13(2)31(3)30-12)10-27-22(33)16-11-28-32-20(23(24,25)26)9-17(29-21(16)32)14-6-7-18(34-4)19(8-14)35-5/h6-8,11,17,20,29H,9-10H2,1-5H3,(H,27,33)/t17-,20-/m1/s1. The van der Waals surface area contributed by atoms with E-state index in [2.05, 4.69) is 20.8 Å². The molecule has 188 valence electrons. The molecule has 35 heavy (non-hydrogen) atoms. The molecule has 1 amide bonds. The molecule has 0 unspecified atom stereocenters. The molecule has 2 atom stereocenters. The quantitative estimate of drug-likeness (QED) is 0.543. The number of halogens is 3.